The molecule has 0 saturated carbocycles. The normalized spacial score (nSPS) is 17.9. The molecule has 1 aliphatic rings. The Balaban J connectivity index is -0.0000000948. The van der Waals surface area contributed by atoms with E-state index in [1.807, 2.05) is 20.8 Å². The van der Waals surface area contributed by atoms with Crippen molar-refractivity contribution in [3.05, 3.63) is 28.5 Å². The first-order valence-corrected chi connectivity index (χ1v) is 5.15. The van der Waals surface area contributed by atoms with Crippen molar-refractivity contribution in [3.63, 3.8) is 0 Å². The second-order valence-electron chi connectivity index (χ2n) is 5.05. The molecular weight excluding hydrogens is 289 g/mol. The van der Waals surface area contributed by atoms with Gasteiger partial charge in [-0.25, -0.2) is 5.57 Å². The molecule has 0 aromatic heterocycles. The minimum atomic E-state index is -0.250. The molecule has 17 heavy (non-hydrogen) atoms. The van der Waals surface area contributed by atoms with Crippen LogP contribution >= 0.6 is 24.8 Å². The van der Waals surface area contributed by atoms with Gasteiger partial charge in [0.05, 0.1) is 0 Å². The zero-order valence-corrected chi connectivity index (χ0v) is 15.1. The molecule has 0 saturated heterocycles. The van der Waals surface area contributed by atoms with Crippen LogP contribution in [0, 0.1) is 12.0 Å². The Kier molecular flexibility index (Phi) is 16.5. The van der Waals surface area contributed by atoms with E-state index >= 15 is 0 Å². The number of halogens is 2. The minimum absolute atomic E-state index is 0. The molecule has 0 spiro atoms. The molecule has 1 rings (SSSR count). The summed E-state index contributed by atoms with van der Waals surface area (Å²) in [6.07, 6.45) is 3.36. The zero-order valence-electron chi connectivity index (χ0n) is 11.9. The predicted octanol–water partition coefficient (Wildman–Crippen LogP) is 5.40. The summed E-state index contributed by atoms with van der Waals surface area (Å²) in [5.74, 6) is 0.560. The second-order valence-corrected chi connectivity index (χ2v) is 5.05. The van der Waals surface area contributed by atoms with Crippen LogP contribution in [0.3, 0.4) is 0 Å². The van der Waals surface area contributed by atoms with Crippen LogP contribution < -0.4 is 0 Å². The molecule has 1 unspecified atom stereocenters. The van der Waals surface area contributed by atoms with Crippen molar-refractivity contribution < 1.29 is 21.7 Å². The van der Waals surface area contributed by atoms with Crippen LogP contribution in [0.1, 0.15) is 48.5 Å². The van der Waals surface area contributed by atoms with Gasteiger partial charge in [0.15, 0.2) is 0 Å². The molecule has 100 valence electrons. The van der Waals surface area contributed by atoms with Crippen molar-refractivity contribution >= 4 is 24.8 Å². The van der Waals surface area contributed by atoms with E-state index in [2.05, 4.69) is 33.8 Å². The van der Waals surface area contributed by atoms with Crippen molar-refractivity contribution in [2.75, 3.05) is 0 Å². The van der Waals surface area contributed by atoms with E-state index in [0.717, 1.165) is 0 Å². The fourth-order valence-corrected chi connectivity index (χ4v) is 1.16. The van der Waals surface area contributed by atoms with Gasteiger partial charge in [-0.1, -0.05) is 47.5 Å². The van der Waals surface area contributed by atoms with Gasteiger partial charge in [-0.2, -0.15) is 11.1 Å². The van der Waals surface area contributed by atoms with Crippen LogP contribution in [-0.4, -0.2) is 5.54 Å². The average Bonchev–Trinajstić information content (AvgIpc) is 2.14. The van der Waals surface area contributed by atoms with Crippen molar-refractivity contribution in [2.24, 2.45) is 5.92 Å². The van der Waals surface area contributed by atoms with Crippen molar-refractivity contribution in [1.82, 2.24) is 0 Å². The van der Waals surface area contributed by atoms with Gasteiger partial charge in [0.25, 0.3) is 0 Å². The number of rotatable bonds is 0. The van der Waals surface area contributed by atoms with Gasteiger partial charge in [0.2, 0.25) is 0 Å². The van der Waals surface area contributed by atoms with Crippen LogP contribution in [0.25, 0.3) is 5.73 Å². The number of hydrogen-bond acceptors (Lipinski definition) is 0. The molecule has 0 radical (unpaired) electrons. The third-order valence-electron chi connectivity index (χ3n) is 2.24. The Bertz CT molecular complexity index is 259. The van der Waals surface area contributed by atoms with Crippen LogP contribution in [-0.2, 0) is 21.7 Å². The molecule has 0 aromatic carbocycles. The average molecular weight is 314 g/mol. The fourth-order valence-electron chi connectivity index (χ4n) is 1.16. The molecule has 1 nitrogen and oxygen atoms in total. The van der Waals surface area contributed by atoms with E-state index in [0.29, 0.717) is 5.92 Å². The third kappa shape index (κ3) is 13.0. The molecule has 0 bridgehead atoms. The summed E-state index contributed by atoms with van der Waals surface area (Å²) >= 11 is 0. The number of nitrogens with one attached hydrogen (secondary N) is 1. The third-order valence-corrected chi connectivity index (χ3v) is 2.24. The van der Waals surface area contributed by atoms with Gasteiger partial charge in [-0.15, -0.1) is 37.3 Å². The number of hydrogen-bond donors (Lipinski definition) is 0. The molecule has 0 aromatic rings. The summed E-state index contributed by atoms with van der Waals surface area (Å²) < 4.78 is 0. The van der Waals surface area contributed by atoms with Crippen LogP contribution in [0.2, 0.25) is 0 Å². The predicted molar refractivity (Wildman–Crippen MR) is 78.5 cm³/mol. The quantitative estimate of drug-likeness (QED) is 0.422. The molecule has 0 fully saturated rings. The first-order chi connectivity index (χ1) is 6.13. The molecule has 1 atom stereocenters. The smallest absolute Gasteiger partial charge is 0.673 e. The first kappa shape index (κ1) is 26.3. The van der Waals surface area contributed by atoms with Crippen molar-refractivity contribution in [1.29, 1.82) is 0 Å². The van der Waals surface area contributed by atoms with Gasteiger partial charge in [-0.05, 0) is 0 Å². The molecular formula is C13H25Cl2NTi. The molecule has 0 aliphatic heterocycles. The SMILES string of the molecule is CC(C)(C)[NH-].CC1=[C-]C(C)C(C)=C1C.Cl.Cl.[Ti+2]. The maximum absolute atomic E-state index is 6.94. The van der Waals surface area contributed by atoms with E-state index in [4.69, 9.17) is 5.73 Å². The maximum atomic E-state index is 6.94. The first-order valence-electron chi connectivity index (χ1n) is 5.15. The Labute approximate surface area is 134 Å². The summed E-state index contributed by atoms with van der Waals surface area (Å²) in [4.78, 5) is 0. The molecule has 0 amide bonds. The van der Waals surface area contributed by atoms with E-state index < -0.39 is 0 Å². The number of allylic oxidation sites excluding steroid dienone is 4. The Morgan fingerprint density at radius 2 is 1.35 bits per heavy atom. The molecule has 4 heteroatoms. The van der Waals surface area contributed by atoms with E-state index in [1.54, 1.807) is 0 Å². The summed E-state index contributed by atoms with van der Waals surface area (Å²) in [5.41, 5.74) is 10.9. The Morgan fingerprint density at radius 3 is 1.41 bits per heavy atom. The molecule has 1 aliphatic carbocycles. The van der Waals surface area contributed by atoms with Gasteiger partial charge in [-0.3, -0.25) is 6.08 Å². The van der Waals surface area contributed by atoms with E-state index in [-0.39, 0.29) is 52.1 Å². The topological polar surface area (TPSA) is 23.8 Å². The standard InChI is InChI=1S/C9H13.C4H10N.2ClH.Ti/c1-6-5-7(2)9(4)8(6)3;1-4(2,3)5;;;/h6H,1-4H3;5H,1-3H3;2*1H;/q2*-1;;;+2. The molecule has 1 N–H and O–H groups in total. The monoisotopic (exact) mass is 313 g/mol. The van der Waals surface area contributed by atoms with Crippen LogP contribution in [0.5, 0.6) is 0 Å². The van der Waals surface area contributed by atoms with Gasteiger partial charge < -0.3 is 5.73 Å². The van der Waals surface area contributed by atoms with Crippen LogP contribution in [0.15, 0.2) is 16.7 Å². The summed E-state index contributed by atoms with van der Waals surface area (Å²) in [7, 11) is 0. The summed E-state index contributed by atoms with van der Waals surface area (Å²) in [6, 6.07) is 0. The second kappa shape index (κ2) is 10.6. The summed E-state index contributed by atoms with van der Waals surface area (Å²) in [5, 5.41) is 0. The Hall–Kier alpha value is 0.734. The maximum Gasteiger partial charge on any atom is 2.00 e. The summed E-state index contributed by atoms with van der Waals surface area (Å²) in [6.45, 7) is 14.2. The minimum Gasteiger partial charge on any atom is -0.673 e. The van der Waals surface area contributed by atoms with Crippen LogP contribution in [0.4, 0.5) is 0 Å². The van der Waals surface area contributed by atoms with Gasteiger partial charge in [0.1, 0.15) is 0 Å². The zero-order chi connectivity index (χ0) is 11.5. The Morgan fingerprint density at radius 1 is 1.06 bits per heavy atom. The van der Waals surface area contributed by atoms with Gasteiger partial charge >= 0.3 is 21.7 Å². The van der Waals surface area contributed by atoms with E-state index in [1.165, 1.54) is 16.7 Å². The van der Waals surface area contributed by atoms with Crippen molar-refractivity contribution in [2.45, 2.75) is 54.0 Å². The fraction of sp³-hybridized carbons (Fsp3) is 0.692. The molecule has 0 heterocycles. The largest absolute Gasteiger partial charge is 2.00 e. The van der Waals surface area contributed by atoms with E-state index in [9.17, 15) is 0 Å². The van der Waals surface area contributed by atoms with Gasteiger partial charge in [0, 0.05) is 0 Å². The van der Waals surface area contributed by atoms with Crippen molar-refractivity contribution in [3.8, 4) is 0 Å².